The summed E-state index contributed by atoms with van der Waals surface area (Å²) in [4.78, 5) is 3.78. The van der Waals surface area contributed by atoms with E-state index in [1.807, 2.05) is 11.8 Å². The molecule has 0 bridgehead atoms. The summed E-state index contributed by atoms with van der Waals surface area (Å²) in [6, 6.07) is 19.2. The summed E-state index contributed by atoms with van der Waals surface area (Å²) in [5.41, 5.74) is 8.14. The van der Waals surface area contributed by atoms with Crippen molar-refractivity contribution < 1.29 is 0 Å². The second kappa shape index (κ2) is 6.98. The fourth-order valence-electron chi connectivity index (χ4n) is 2.56. The van der Waals surface area contributed by atoms with Crippen LogP contribution in [0.3, 0.4) is 0 Å². The van der Waals surface area contributed by atoms with Gasteiger partial charge in [0.1, 0.15) is 0 Å². The minimum Gasteiger partial charge on any atom is -0.357 e. The van der Waals surface area contributed by atoms with Crippen LogP contribution in [0.25, 0.3) is 0 Å². The number of nitrogens with two attached hydrogens (primary N) is 1. The lowest BCUT2D eigenvalue weighted by Gasteiger charge is -2.37. The topological polar surface area (TPSA) is 41.3 Å². The minimum atomic E-state index is 0.421. The molecular weight excluding hydrogens is 278 g/mol. The van der Waals surface area contributed by atoms with E-state index < -0.39 is 0 Å². The summed E-state index contributed by atoms with van der Waals surface area (Å²) in [6.07, 6.45) is 0. The van der Waals surface area contributed by atoms with Crippen LogP contribution in [-0.2, 0) is 6.54 Å². The van der Waals surface area contributed by atoms with Crippen molar-refractivity contribution in [2.24, 2.45) is 5.73 Å². The third-order valence-corrected chi connectivity index (χ3v) is 4.95. The summed E-state index contributed by atoms with van der Waals surface area (Å²) in [5.74, 6) is 0. The van der Waals surface area contributed by atoms with Gasteiger partial charge in [0, 0.05) is 36.8 Å². The van der Waals surface area contributed by atoms with Crippen molar-refractivity contribution in [2.45, 2.75) is 16.8 Å². The zero-order valence-corrected chi connectivity index (χ0v) is 12.9. The maximum absolute atomic E-state index is 5.66. The molecule has 21 heavy (non-hydrogen) atoms. The van der Waals surface area contributed by atoms with E-state index in [4.69, 9.17) is 5.73 Å². The number of nitrogens with zero attached hydrogens (tertiary/aromatic N) is 1. The lowest BCUT2D eigenvalue weighted by Crippen LogP contribution is -2.49. The molecule has 2 aromatic rings. The molecule has 1 fully saturated rings. The number of piperazine rings is 1. The van der Waals surface area contributed by atoms with Crippen molar-refractivity contribution in [3.8, 4) is 0 Å². The van der Waals surface area contributed by atoms with Crippen molar-refractivity contribution >= 4 is 17.4 Å². The Morgan fingerprint density at radius 3 is 2.57 bits per heavy atom. The van der Waals surface area contributed by atoms with Crippen molar-refractivity contribution in [3.63, 3.8) is 0 Å². The Kier molecular flexibility index (Phi) is 4.80. The average molecular weight is 299 g/mol. The number of hydrogen-bond acceptors (Lipinski definition) is 4. The highest BCUT2D eigenvalue weighted by molar-refractivity contribution is 8.00. The fraction of sp³-hybridized carbons (Fsp3) is 0.294. The molecule has 2 aromatic carbocycles. The number of hydrogen-bond donors (Lipinski definition) is 2. The van der Waals surface area contributed by atoms with Crippen LogP contribution < -0.4 is 16.0 Å². The van der Waals surface area contributed by atoms with E-state index in [1.165, 1.54) is 16.1 Å². The molecule has 1 atom stereocenters. The van der Waals surface area contributed by atoms with Crippen LogP contribution in [0.15, 0.2) is 59.5 Å². The van der Waals surface area contributed by atoms with Crippen LogP contribution >= 0.6 is 11.8 Å². The molecule has 1 unspecified atom stereocenters. The van der Waals surface area contributed by atoms with Gasteiger partial charge in [-0.1, -0.05) is 42.1 Å². The lowest BCUT2D eigenvalue weighted by atomic mass is 10.2. The molecule has 1 aliphatic rings. The van der Waals surface area contributed by atoms with Gasteiger partial charge in [-0.15, -0.1) is 0 Å². The van der Waals surface area contributed by atoms with Crippen molar-refractivity contribution in [1.29, 1.82) is 0 Å². The smallest absolute Gasteiger partial charge is 0.0921 e. The number of thioether (sulfide) groups is 1. The lowest BCUT2D eigenvalue weighted by molar-refractivity contribution is 0.564. The van der Waals surface area contributed by atoms with Crippen molar-refractivity contribution in [3.05, 3.63) is 60.2 Å². The molecule has 1 heterocycles. The molecule has 0 aliphatic carbocycles. The predicted octanol–water partition coefficient (Wildman–Crippen LogP) is 2.67. The van der Waals surface area contributed by atoms with E-state index in [0.29, 0.717) is 11.9 Å². The molecular formula is C17H21N3S. The molecule has 110 valence electrons. The molecule has 3 N–H and O–H groups in total. The van der Waals surface area contributed by atoms with Crippen LogP contribution in [0.2, 0.25) is 0 Å². The summed E-state index contributed by atoms with van der Waals surface area (Å²) in [6.45, 7) is 3.69. The van der Waals surface area contributed by atoms with Gasteiger partial charge < -0.3 is 16.0 Å². The molecule has 0 amide bonds. The monoisotopic (exact) mass is 299 g/mol. The van der Waals surface area contributed by atoms with E-state index in [2.05, 4.69) is 64.8 Å². The summed E-state index contributed by atoms with van der Waals surface area (Å²) in [7, 11) is 0. The first-order valence-electron chi connectivity index (χ1n) is 7.35. The first kappa shape index (κ1) is 14.4. The first-order chi connectivity index (χ1) is 10.4. The number of rotatable bonds is 4. The largest absolute Gasteiger partial charge is 0.357 e. The fourth-order valence-corrected chi connectivity index (χ4v) is 3.72. The Labute approximate surface area is 130 Å². The Bertz CT molecular complexity index is 556. The molecule has 0 aromatic heterocycles. The Morgan fingerprint density at radius 1 is 1.10 bits per heavy atom. The van der Waals surface area contributed by atoms with Gasteiger partial charge in [0.25, 0.3) is 0 Å². The second-order valence-electron chi connectivity index (χ2n) is 5.15. The van der Waals surface area contributed by atoms with Gasteiger partial charge in [0.2, 0.25) is 0 Å². The third kappa shape index (κ3) is 3.59. The molecule has 1 saturated heterocycles. The molecule has 4 heteroatoms. The third-order valence-electron chi connectivity index (χ3n) is 3.72. The first-order valence-corrected chi connectivity index (χ1v) is 8.23. The number of benzene rings is 2. The number of nitrogens with one attached hydrogen (secondary N) is 1. The number of anilines is 1. The minimum absolute atomic E-state index is 0.421. The quantitative estimate of drug-likeness (QED) is 0.911. The Morgan fingerprint density at radius 2 is 1.86 bits per heavy atom. The maximum Gasteiger partial charge on any atom is 0.0921 e. The van der Waals surface area contributed by atoms with Crippen molar-refractivity contribution in [1.82, 2.24) is 5.32 Å². The summed E-state index contributed by atoms with van der Waals surface area (Å²) < 4.78 is 0. The van der Waals surface area contributed by atoms with Crippen LogP contribution in [-0.4, -0.2) is 25.0 Å². The normalized spacial score (nSPS) is 18.7. The Hall–Kier alpha value is -1.49. The Balaban J connectivity index is 1.75. The highest BCUT2D eigenvalue weighted by atomic mass is 32.2. The summed E-state index contributed by atoms with van der Waals surface area (Å²) in [5, 5.41) is 3.92. The molecule has 0 spiro atoms. The highest BCUT2D eigenvalue weighted by Gasteiger charge is 2.23. The van der Waals surface area contributed by atoms with Gasteiger partial charge in [-0.25, -0.2) is 0 Å². The molecule has 3 nitrogen and oxygen atoms in total. The van der Waals surface area contributed by atoms with E-state index in [9.17, 15) is 0 Å². The van der Waals surface area contributed by atoms with Crippen LogP contribution in [0, 0.1) is 0 Å². The predicted molar refractivity (Wildman–Crippen MR) is 90.6 cm³/mol. The van der Waals surface area contributed by atoms with E-state index in [-0.39, 0.29) is 0 Å². The van der Waals surface area contributed by atoms with Gasteiger partial charge >= 0.3 is 0 Å². The van der Waals surface area contributed by atoms with Gasteiger partial charge in [0.15, 0.2) is 0 Å². The SMILES string of the molecule is NCc1ccc(SC2CNCCN2c2ccccc2)cc1. The van der Waals surface area contributed by atoms with Crippen LogP contribution in [0.1, 0.15) is 5.56 Å². The second-order valence-corrected chi connectivity index (χ2v) is 6.40. The van der Waals surface area contributed by atoms with Gasteiger partial charge in [-0.05, 0) is 29.8 Å². The molecule has 0 radical (unpaired) electrons. The maximum atomic E-state index is 5.66. The van der Waals surface area contributed by atoms with E-state index in [1.54, 1.807) is 0 Å². The van der Waals surface area contributed by atoms with Gasteiger partial charge in [-0.2, -0.15) is 0 Å². The van der Waals surface area contributed by atoms with Gasteiger partial charge in [-0.3, -0.25) is 0 Å². The van der Waals surface area contributed by atoms with Gasteiger partial charge in [0.05, 0.1) is 5.37 Å². The number of para-hydroxylation sites is 1. The molecule has 0 saturated carbocycles. The zero-order valence-electron chi connectivity index (χ0n) is 12.0. The van der Waals surface area contributed by atoms with Crippen LogP contribution in [0.4, 0.5) is 5.69 Å². The molecule has 1 aliphatic heterocycles. The average Bonchev–Trinajstić information content (AvgIpc) is 2.57. The van der Waals surface area contributed by atoms with E-state index >= 15 is 0 Å². The van der Waals surface area contributed by atoms with Crippen molar-refractivity contribution in [2.75, 3.05) is 24.5 Å². The zero-order chi connectivity index (χ0) is 14.5. The molecule has 3 rings (SSSR count). The highest BCUT2D eigenvalue weighted by Crippen LogP contribution is 2.30. The standard InChI is InChI=1S/C17H21N3S/c18-12-14-6-8-16(9-7-14)21-17-13-19-10-11-20(17)15-4-2-1-3-5-15/h1-9,17,19H,10-13,18H2. The van der Waals surface area contributed by atoms with Crippen LogP contribution in [0.5, 0.6) is 0 Å². The summed E-state index contributed by atoms with van der Waals surface area (Å²) >= 11 is 1.91. The van der Waals surface area contributed by atoms with E-state index in [0.717, 1.165) is 19.6 Å².